The van der Waals surface area contributed by atoms with Gasteiger partial charge >= 0.3 is 0 Å². The normalized spacial score (nSPS) is 24.3. The molecule has 0 radical (unpaired) electrons. The highest BCUT2D eigenvalue weighted by Crippen LogP contribution is 2.48. The number of allylic oxidation sites excluding steroid dienone is 4. The second-order valence-electron chi connectivity index (χ2n) is 5.16. The van der Waals surface area contributed by atoms with Gasteiger partial charge in [-0.05, 0) is 39.7 Å². The second-order valence-corrected chi connectivity index (χ2v) is 5.16. The topological polar surface area (TPSA) is 18.5 Å². The first kappa shape index (κ1) is 10.7. The van der Waals surface area contributed by atoms with Crippen LogP contribution >= 0.6 is 0 Å². The van der Waals surface area contributed by atoms with E-state index < -0.39 is 0 Å². The molecule has 1 spiro atoms. The molecule has 0 aromatic heterocycles. The van der Waals surface area contributed by atoms with Gasteiger partial charge in [0.2, 0.25) is 0 Å². The first-order chi connectivity index (χ1) is 7.10. The predicted molar refractivity (Wildman–Crippen MR) is 60.5 cm³/mol. The first-order valence-electron chi connectivity index (χ1n) is 5.66. The summed E-state index contributed by atoms with van der Waals surface area (Å²) in [4.78, 5) is 0. The Labute approximate surface area is 92.0 Å². The Morgan fingerprint density at radius 2 is 1.87 bits per heavy atom. The van der Waals surface area contributed by atoms with Crippen LogP contribution in [0.2, 0.25) is 0 Å². The van der Waals surface area contributed by atoms with E-state index in [1.165, 1.54) is 18.4 Å². The molecule has 0 N–H and O–H groups in total. The third-order valence-corrected chi connectivity index (χ3v) is 3.14. The summed E-state index contributed by atoms with van der Waals surface area (Å²) in [6.07, 6.45) is 6.92. The van der Waals surface area contributed by atoms with Gasteiger partial charge < -0.3 is 9.47 Å². The highest BCUT2D eigenvalue weighted by Gasteiger charge is 2.50. The van der Waals surface area contributed by atoms with Crippen LogP contribution in [0.5, 0.6) is 0 Å². The van der Waals surface area contributed by atoms with Crippen molar-refractivity contribution < 1.29 is 9.47 Å². The van der Waals surface area contributed by atoms with Crippen LogP contribution in [-0.4, -0.2) is 19.3 Å². The van der Waals surface area contributed by atoms with Gasteiger partial charge in [-0.2, -0.15) is 0 Å². The van der Waals surface area contributed by atoms with Crippen molar-refractivity contribution in [1.82, 2.24) is 0 Å². The molecule has 1 saturated carbocycles. The van der Waals surface area contributed by atoms with Gasteiger partial charge in [-0.3, -0.25) is 0 Å². The van der Waals surface area contributed by atoms with Crippen LogP contribution in [0.4, 0.5) is 0 Å². The fourth-order valence-electron chi connectivity index (χ4n) is 2.20. The molecule has 0 unspecified atom stereocenters. The Hall–Kier alpha value is -0.760. The summed E-state index contributed by atoms with van der Waals surface area (Å²) < 4.78 is 11.1. The van der Waals surface area contributed by atoms with Gasteiger partial charge in [0.05, 0.1) is 25.1 Å². The SMILES string of the molecule is CC(C)=C/C=C(\C)OC1CC2(COC2)C1. The molecule has 0 bridgehead atoms. The standard InChI is InChI=1S/C13H20O2/c1-10(2)4-5-11(3)15-12-6-13(7-12)8-14-9-13/h4-5,12H,6-9H2,1-3H3/b11-5+. The third kappa shape index (κ3) is 2.43. The van der Waals surface area contributed by atoms with E-state index in [1.54, 1.807) is 0 Å². The average Bonchev–Trinajstić information content (AvgIpc) is 2.03. The van der Waals surface area contributed by atoms with Gasteiger partial charge in [0.1, 0.15) is 0 Å². The largest absolute Gasteiger partial charge is 0.495 e. The number of hydrogen-bond acceptors (Lipinski definition) is 2. The lowest BCUT2D eigenvalue weighted by molar-refractivity contribution is -0.201. The van der Waals surface area contributed by atoms with Gasteiger partial charge in [-0.15, -0.1) is 0 Å². The quantitative estimate of drug-likeness (QED) is 0.524. The van der Waals surface area contributed by atoms with E-state index in [4.69, 9.17) is 9.47 Å². The lowest BCUT2D eigenvalue weighted by Crippen LogP contribution is -2.55. The van der Waals surface area contributed by atoms with Gasteiger partial charge in [0.15, 0.2) is 0 Å². The van der Waals surface area contributed by atoms with E-state index in [1.807, 2.05) is 6.92 Å². The van der Waals surface area contributed by atoms with Crippen molar-refractivity contribution in [3.05, 3.63) is 23.5 Å². The number of rotatable bonds is 3. The monoisotopic (exact) mass is 208 g/mol. The van der Waals surface area contributed by atoms with E-state index in [0.717, 1.165) is 19.0 Å². The van der Waals surface area contributed by atoms with Crippen molar-refractivity contribution in [3.8, 4) is 0 Å². The first-order valence-corrected chi connectivity index (χ1v) is 5.66. The molecule has 2 aliphatic rings. The Kier molecular flexibility index (Phi) is 2.87. The lowest BCUT2D eigenvalue weighted by Gasteiger charge is -2.52. The van der Waals surface area contributed by atoms with Gasteiger partial charge in [-0.1, -0.05) is 11.6 Å². The molecule has 2 rings (SSSR count). The Balaban J connectivity index is 1.74. The molecule has 0 aromatic carbocycles. The molecule has 2 heteroatoms. The minimum absolute atomic E-state index is 0.427. The lowest BCUT2D eigenvalue weighted by atomic mass is 9.65. The summed E-state index contributed by atoms with van der Waals surface area (Å²) in [7, 11) is 0. The molecule has 0 atom stereocenters. The number of ether oxygens (including phenoxy) is 2. The molecular formula is C13H20O2. The fourth-order valence-corrected chi connectivity index (χ4v) is 2.20. The molecular weight excluding hydrogens is 188 g/mol. The Bertz CT molecular complexity index is 286. The van der Waals surface area contributed by atoms with Gasteiger partial charge in [0.25, 0.3) is 0 Å². The van der Waals surface area contributed by atoms with E-state index in [-0.39, 0.29) is 0 Å². The maximum atomic E-state index is 5.83. The minimum Gasteiger partial charge on any atom is -0.495 e. The molecule has 0 amide bonds. The summed E-state index contributed by atoms with van der Waals surface area (Å²) in [5.41, 5.74) is 1.80. The summed E-state index contributed by atoms with van der Waals surface area (Å²) in [5.74, 6) is 1.02. The van der Waals surface area contributed by atoms with E-state index in [0.29, 0.717) is 11.5 Å². The van der Waals surface area contributed by atoms with Crippen LogP contribution in [0.25, 0.3) is 0 Å². The van der Waals surface area contributed by atoms with Gasteiger partial charge in [0, 0.05) is 5.41 Å². The number of hydrogen-bond donors (Lipinski definition) is 0. The highest BCUT2D eigenvalue weighted by molar-refractivity contribution is 5.11. The van der Waals surface area contributed by atoms with E-state index >= 15 is 0 Å². The van der Waals surface area contributed by atoms with Crippen molar-refractivity contribution in [1.29, 1.82) is 0 Å². The maximum absolute atomic E-state index is 5.83. The van der Waals surface area contributed by atoms with Crippen molar-refractivity contribution in [2.24, 2.45) is 5.41 Å². The van der Waals surface area contributed by atoms with Crippen molar-refractivity contribution in [3.63, 3.8) is 0 Å². The zero-order chi connectivity index (χ0) is 10.9. The summed E-state index contributed by atoms with van der Waals surface area (Å²) >= 11 is 0. The second kappa shape index (κ2) is 4.01. The Morgan fingerprint density at radius 3 is 2.33 bits per heavy atom. The molecule has 0 aromatic rings. The van der Waals surface area contributed by atoms with Crippen LogP contribution in [0.1, 0.15) is 33.6 Å². The smallest absolute Gasteiger partial charge is 0.0996 e. The molecule has 2 fully saturated rings. The maximum Gasteiger partial charge on any atom is 0.0996 e. The zero-order valence-corrected chi connectivity index (χ0v) is 9.88. The van der Waals surface area contributed by atoms with Crippen LogP contribution in [0.15, 0.2) is 23.5 Å². The van der Waals surface area contributed by atoms with Gasteiger partial charge in [-0.25, -0.2) is 0 Å². The molecule has 2 nitrogen and oxygen atoms in total. The van der Waals surface area contributed by atoms with Crippen molar-refractivity contribution in [2.75, 3.05) is 13.2 Å². The summed E-state index contributed by atoms with van der Waals surface area (Å²) in [6, 6.07) is 0. The molecule has 1 aliphatic carbocycles. The minimum atomic E-state index is 0.427. The average molecular weight is 208 g/mol. The van der Waals surface area contributed by atoms with Crippen molar-refractivity contribution >= 4 is 0 Å². The fraction of sp³-hybridized carbons (Fsp3) is 0.692. The van der Waals surface area contributed by atoms with Crippen LogP contribution < -0.4 is 0 Å². The van der Waals surface area contributed by atoms with Crippen LogP contribution in [0, 0.1) is 5.41 Å². The molecule has 84 valence electrons. The van der Waals surface area contributed by atoms with Crippen LogP contribution in [0.3, 0.4) is 0 Å². The molecule has 1 heterocycles. The van der Waals surface area contributed by atoms with E-state index in [2.05, 4.69) is 26.0 Å². The van der Waals surface area contributed by atoms with E-state index in [9.17, 15) is 0 Å². The predicted octanol–water partition coefficient (Wildman–Crippen LogP) is 3.05. The Morgan fingerprint density at radius 1 is 1.20 bits per heavy atom. The summed E-state index contributed by atoms with van der Waals surface area (Å²) in [6.45, 7) is 8.11. The molecule has 15 heavy (non-hydrogen) atoms. The highest BCUT2D eigenvalue weighted by atomic mass is 16.5. The molecule has 1 aliphatic heterocycles. The summed E-state index contributed by atoms with van der Waals surface area (Å²) in [5, 5.41) is 0. The van der Waals surface area contributed by atoms with Crippen molar-refractivity contribution in [2.45, 2.75) is 39.7 Å². The van der Waals surface area contributed by atoms with Crippen LogP contribution in [-0.2, 0) is 9.47 Å². The molecule has 1 saturated heterocycles. The zero-order valence-electron chi connectivity index (χ0n) is 9.88. The third-order valence-electron chi connectivity index (χ3n) is 3.14.